The van der Waals surface area contributed by atoms with E-state index in [1.165, 1.54) is 7.11 Å². The van der Waals surface area contributed by atoms with Gasteiger partial charge in [-0.2, -0.15) is 0 Å². The van der Waals surface area contributed by atoms with Gasteiger partial charge in [0.25, 0.3) is 5.91 Å². The first kappa shape index (κ1) is 19.0. The van der Waals surface area contributed by atoms with Crippen LogP contribution in [-0.2, 0) is 23.9 Å². The Labute approximate surface area is 133 Å². The minimum absolute atomic E-state index is 0.136. The highest BCUT2D eigenvalue weighted by Gasteiger charge is 2.44. The number of carbonyl (C=O) groups excluding carboxylic acids is 3. The van der Waals surface area contributed by atoms with Gasteiger partial charge < -0.3 is 14.8 Å². The van der Waals surface area contributed by atoms with Crippen LogP contribution in [-0.4, -0.2) is 56.0 Å². The molecule has 1 amide bonds. The SMILES string of the molecule is COCCNC(=O)COC(=O)C[C@@H]1C(=O)C[C@H](C)[C@@H]1C[N+](=O)[O-]. The maximum Gasteiger partial charge on any atom is 0.307 e. The van der Waals surface area contributed by atoms with Gasteiger partial charge in [0.15, 0.2) is 6.61 Å². The van der Waals surface area contributed by atoms with E-state index in [2.05, 4.69) is 5.32 Å². The molecule has 0 unspecified atom stereocenters. The molecule has 1 N–H and O–H groups in total. The van der Waals surface area contributed by atoms with Crippen LogP contribution < -0.4 is 5.32 Å². The van der Waals surface area contributed by atoms with Gasteiger partial charge in [0.2, 0.25) is 6.54 Å². The molecule has 1 fully saturated rings. The van der Waals surface area contributed by atoms with E-state index >= 15 is 0 Å². The number of amides is 1. The average Bonchev–Trinajstić information content (AvgIpc) is 2.72. The maximum atomic E-state index is 11.9. The third-order valence-electron chi connectivity index (χ3n) is 3.92. The predicted molar refractivity (Wildman–Crippen MR) is 78.1 cm³/mol. The molecule has 1 rings (SSSR count). The molecule has 0 aromatic heterocycles. The van der Waals surface area contributed by atoms with E-state index in [1.807, 2.05) is 0 Å². The summed E-state index contributed by atoms with van der Waals surface area (Å²) in [6, 6.07) is 0. The number of hydrogen-bond acceptors (Lipinski definition) is 7. The summed E-state index contributed by atoms with van der Waals surface area (Å²) in [6.45, 7) is 1.62. The van der Waals surface area contributed by atoms with Crippen LogP contribution in [0.15, 0.2) is 0 Å². The molecule has 1 saturated carbocycles. The van der Waals surface area contributed by atoms with Crippen molar-refractivity contribution in [2.24, 2.45) is 17.8 Å². The van der Waals surface area contributed by atoms with Gasteiger partial charge in [-0.3, -0.25) is 24.5 Å². The molecular formula is C14H22N2O7. The Morgan fingerprint density at radius 1 is 1.43 bits per heavy atom. The smallest absolute Gasteiger partial charge is 0.307 e. The second-order valence-electron chi connectivity index (χ2n) is 5.64. The standard InChI is InChI=1S/C14H22N2O7/c1-9-5-12(17)10(11(9)7-16(20)21)6-14(19)23-8-13(18)15-3-4-22-2/h9-11H,3-8H2,1-2H3,(H,15,18)/t9-,10-,11-/m0/s1. The van der Waals surface area contributed by atoms with Crippen molar-refractivity contribution in [3.05, 3.63) is 10.1 Å². The Bertz CT molecular complexity index is 466. The third kappa shape index (κ3) is 6.31. The number of Topliss-reactive ketones (excluding diaryl/α,β-unsaturated/α-hetero) is 1. The van der Waals surface area contributed by atoms with Crippen molar-refractivity contribution in [3.63, 3.8) is 0 Å². The van der Waals surface area contributed by atoms with E-state index in [1.54, 1.807) is 6.92 Å². The minimum atomic E-state index is -0.709. The second-order valence-corrected chi connectivity index (χ2v) is 5.64. The number of nitrogens with zero attached hydrogens (tertiary/aromatic N) is 1. The quantitative estimate of drug-likeness (QED) is 0.268. The van der Waals surface area contributed by atoms with Crippen molar-refractivity contribution in [2.75, 3.05) is 33.4 Å². The Morgan fingerprint density at radius 3 is 2.74 bits per heavy atom. The molecule has 0 saturated heterocycles. The van der Waals surface area contributed by atoms with Crippen LogP contribution in [0, 0.1) is 27.9 Å². The molecule has 130 valence electrons. The molecule has 0 radical (unpaired) electrons. The predicted octanol–water partition coefficient (Wildman–Crippen LogP) is -0.200. The lowest BCUT2D eigenvalue weighted by molar-refractivity contribution is -0.490. The van der Waals surface area contributed by atoms with Gasteiger partial charge >= 0.3 is 5.97 Å². The zero-order valence-corrected chi connectivity index (χ0v) is 13.3. The topological polar surface area (TPSA) is 125 Å². The molecule has 0 aromatic rings. The summed E-state index contributed by atoms with van der Waals surface area (Å²) in [5, 5.41) is 13.2. The Balaban J connectivity index is 2.43. The zero-order valence-electron chi connectivity index (χ0n) is 13.3. The zero-order chi connectivity index (χ0) is 17.4. The summed E-state index contributed by atoms with van der Waals surface area (Å²) < 4.78 is 9.58. The number of esters is 1. The van der Waals surface area contributed by atoms with E-state index in [-0.39, 0.29) is 31.1 Å². The van der Waals surface area contributed by atoms with Crippen LogP contribution in [0.5, 0.6) is 0 Å². The second kappa shape index (κ2) is 9.19. The first-order valence-electron chi connectivity index (χ1n) is 7.41. The highest BCUT2D eigenvalue weighted by molar-refractivity contribution is 5.88. The van der Waals surface area contributed by atoms with E-state index in [4.69, 9.17) is 9.47 Å². The number of methoxy groups -OCH3 is 1. The number of nitro groups is 1. The molecule has 1 aliphatic rings. The summed E-state index contributed by atoms with van der Waals surface area (Å²) in [7, 11) is 1.49. The van der Waals surface area contributed by atoms with Gasteiger partial charge in [-0.1, -0.05) is 6.92 Å². The molecular weight excluding hydrogens is 308 g/mol. The molecule has 1 aliphatic carbocycles. The van der Waals surface area contributed by atoms with Gasteiger partial charge in [-0.15, -0.1) is 0 Å². The fraction of sp³-hybridized carbons (Fsp3) is 0.786. The van der Waals surface area contributed by atoms with Crippen molar-refractivity contribution in [1.29, 1.82) is 0 Å². The Kier molecular flexibility index (Phi) is 7.60. The summed E-state index contributed by atoms with van der Waals surface area (Å²) in [4.78, 5) is 45.3. The molecule has 9 heteroatoms. The Morgan fingerprint density at radius 2 is 2.13 bits per heavy atom. The number of ether oxygens (including phenoxy) is 2. The number of hydrogen-bond donors (Lipinski definition) is 1. The molecule has 0 heterocycles. The molecule has 0 bridgehead atoms. The normalized spacial score (nSPS) is 23.6. The van der Waals surface area contributed by atoms with E-state index in [9.17, 15) is 24.5 Å². The molecule has 3 atom stereocenters. The van der Waals surface area contributed by atoms with Crippen LogP contribution >= 0.6 is 0 Å². The van der Waals surface area contributed by atoms with Gasteiger partial charge in [0.1, 0.15) is 5.78 Å². The highest BCUT2D eigenvalue weighted by Crippen LogP contribution is 2.36. The first-order chi connectivity index (χ1) is 10.8. The monoisotopic (exact) mass is 330 g/mol. The van der Waals surface area contributed by atoms with Gasteiger partial charge in [-0.05, 0) is 5.92 Å². The van der Waals surface area contributed by atoms with Gasteiger partial charge in [0.05, 0.1) is 13.0 Å². The molecule has 0 aromatic carbocycles. The van der Waals surface area contributed by atoms with Crippen LogP contribution in [0.4, 0.5) is 0 Å². The van der Waals surface area contributed by atoms with Crippen molar-refractivity contribution in [3.8, 4) is 0 Å². The lowest BCUT2D eigenvalue weighted by atomic mass is 9.88. The minimum Gasteiger partial charge on any atom is -0.456 e. The Hall–Kier alpha value is -2.03. The fourth-order valence-corrected chi connectivity index (χ4v) is 2.73. The largest absolute Gasteiger partial charge is 0.456 e. The van der Waals surface area contributed by atoms with Gasteiger partial charge in [-0.25, -0.2) is 0 Å². The van der Waals surface area contributed by atoms with E-state index < -0.39 is 35.2 Å². The fourth-order valence-electron chi connectivity index (χ4n) is 2.73. The molecule has 0 aliphatic heterocycles. The van der Waals surface area contributed by atoms with Crippen LogP contribution in [0.3, 0.4) is 0 Å². The number of nitrogens with one attached hydrogen (secondary N) is 1. The molecule has 9 nitrogen and oxygen atoms in total. The van der Waals surface area contributed by atoms with E-state index in [0.29, 0.717) is 13.2 Å². The van der Waals surface area contributed by atoms with Crippen LogP contribution in [0.1, 0.15) is 19.8 Å². The van der Waals surface area contributed by atoms with Crippen molar-refractivity contribution < 1.29 is 28.8 Å². The van der Waals surface area contributed by atoms with Crippen molar-refractivity contribution >= 4 is 17.7 Å². The molecule has 0 spiro atoms. The van der Waals surface area contributed by atoms with Crippen molar-refractivity contribution in [1.82, 2.24) is 5.32 Å². The lowest BCUT2D eigenvalue weighted by Gasteiger charge is -2.17. The summed E-state index contributed by atoms with van der Waals surface area (Å²) >= 11 is 0. The molecule has 23 heavy (non-hydrogen) atoms. The lowest BCUT2D eigenvalue weighted by Crippen LogP contribution is -2.32. The van der Waals surface area contributed by atoms with Crippen molar-refractivity contribution in [2.45, 2.75) is 19.8 Å². The summed E-state index contributed by atoms with van der Waals surface area (Å²) in [6.07, 6.45) is 0.000980. The summed E-state index contributed by atoms with van der Waals surface area (Å²) in [5.74, 6) is -2.65. The first-order valence-corrected chi connectivity index (χ1v) is 7.41. The average molecular weight is 330 g/mol. The number of carbonyl (C=O) groups is 3. The van der Waals surface area contributed by atoms with Gasteiger partial charge in [0, 0.05) is 36.8 Å². The number of rotatable bonds is 9. The van der Waals surface area contributed by atoms with E-state index in [0.717, 1.165) is 0 Å². The maximum absolute atomic E-state index is 11.9. The number of ketones is 1. The highest BCUT2D eigenvalue weighted by atomic mass is 16.6. The van der Waals surface area contributed by atoms with Crippen LogP contribution in [0.2, 0.25) is 0 Å². The van der Waals surface area contributed by atoms with Crippen LogP contribution in [0.25, 0.3) is 0 Å². The summed E-state index contributed by atoms with van der Waals surface area (Å²) in [5.41, 5.74) is 0. The third-order valence-corrected chi connectivity index (χ3v) is 3.92.